The highest BCUT2D eigenvalue weighted by molar-refractivity contribution is 5.09. The summed E-state index contributed by atoms with van der Waals surface area (Å²) in [7, 11) is 0. The molecule has 14 heavy (non-hydrogen) atoms. The molecule has 2 fully saturated rings. The van der Waals surface area contributed by atoms with Gasteiger partial charge < -0.3 is 0 Å². The first-order chi connectivity index (χ1) is 6.85. The minimum absolute atomic E-state index is 0.801. The van der Waals surface area contributed by atoms with Crippen LogP contribution in [0.3, 0.4) is 0 Å². The quantitative estimate of drug-likeness (QED) is 0.581. The summed E-state index contributed by atoms with van der Waals surface area (Å²) in [6.45, 7) is 13.5. The fourth-order valence-corrected chi connectivity index (χ4v) is 1.70. The third kappa shape index (κ3) is 3.72. The SMILES string of the molecule is CC.CC.CC#CCN1CC2(CC2)C1. The lowest BCUT2D eigenvalue weighted by Crippen LogP contribution is -2.48. The number of hydrogen-bond acceptors (Lipinski definition) is 1. The molecule has 1 aliphatic heterocycles. The maximum atomic E-state index is 3.09. The highest BCUT2D eigenvalue weighted by atomic mass is 15.2. The second-order valence-corrected chi connectivity index (χ2v) is 3.57. The second kappa shape index (κ2) is 6.90. The smallest absolute Gasteiger partial charge is 0.0601 e. The van der Waals surface area contributed by atoms with Gasteiger partial charge in [0.25, 0.3) is 0 Å². The first-order valence-corrected chi connectivity index (χ1v) is 5.97. The van der Waals surface area contributed by atoms with E-state index in [0.717, 1.165) is 12.0 Å². The fourth-order valence-electron chi connectivity index (χ4n) is 1.70. The lowest BCUT2D eigenvalue weighted by Gasteiger charge is -2.38. The van der Waals surface area contributed by atoms with Gasteiger partial charge in [-0.3, -0.25) is 4.90 Å². The van der Waals surface area contributed by atoms with E-state index in [4.69, 9.17) is 0 Å². The molecule has 82 valence electrons. The molecule has 0 N–H and O–H groups in total. The summed E-state index contributed by atoms with van der Waals surface area (Å²) in [4.78, 5) is 2.43. The maximum absolute atomic E-state index is 3.09. The van der Waals surface area contributed by atoms with Crippen molar-refractivity contribution in [2.75, 3.05) is 19.6 Å². The standard InChI is InChI=1S/C9H13N.2C2H6/c1-2-3-6-10-7-9(8-10)4-5-9;2*1-2/h4-8H2,1H3;2*1-2H3. The number of hydrogen-bond donors (Lipinski definition) is 0. The monoisotopic (exact) mass is 195 g/mol. The van der Waals surface area contributed by atoms with Gasteiger partial charge in [0.2, 0.25) is 0 Å². The van der Waals surface area contributed by atoms with Gasteiger partial charge in [0.1, 0.15) is 0 Å². The van der Waals surface area contributed by atoms with Crippen molar-refractivity contribution < 1.29 is 0 Å². The predicted molar refractivity (Wildman–Crippen MR) is 64.3 cm³/mol. The van der Waals surface area contributed by atoms with E-state index < -0.39 is 0 Å². The van der Waals surface area contributed by atoms with Crippen molar-refractivity contribution >= 4 is 0 Å². The molecule has 0 unspecified atom stereocenters. The Morgan fingerprint density at radius 3 is 1.93 bits per heavy atom. The van der Waals surface area contributed by atoms with Gasteiger partial charge in [0.05, 0.1) is 6.54 Å². The zero-order valence-electron chi connectivity index (χ0n) is 10.5. The van der Waals surface area contributed by atoms with Gasteiger partial charge in [-0.1, -0.05) is 33.6 Å². The molecule has 0 aromatic carbocycles. The van der Waals surface area contributed by atoms with Crippen molar-refractivity contribution in [1.29, 1.82) is 0 Å². The lowest BCUT2D eigenvalue weighted by atomic mass is 9.97. The Morgan fingerprint density at radius 1 is 1.07 bits per heavy atom. The van der Waals surface area contributed by atoms with Crippen LogP contribution < -0.4 is 0 Å². The average molecular weight is 195 g/mol. The minimum Gasteiger partial charge on any atom is -0.291 e. The fraction of sp³-hybridized carbons (Fsp3) is 0.846. The van der Waals surface area contributed by atoms with Crippen LogP contribution in [0.4, 0.5) is 0 Å². The molecular formula is C13H25N. The van der Waals surface area contributed by atoms with Crippen LogP contribution in [-0.2, 0) is 0 Å². The van der Waals surface area contributed by atoms with E-state index in [1.165, 1.54) is 25.9 Å². The molecule has 1 heteroatoms. The second-order valence-electron chi connectivity index (χ2n) is 3.57. The molecule has 0 amide bonds. The third-order valence-corrected chi connectivity index (χ3v) is 2.55. The summed E-state index contributed by atoms with van der Waals surface area (Å²) >= 11 is 0. The Balaban J connectivity index is 0.000000379. The summed E-state index contributed by atoms with van der Waals surface area (Å²) < 4.78 is 0. The predicted octanol–water partition coefficient (Wildman–Crippen LogP) is 3.16. The van der Waals surface area contributed by atoms with Crippen molar-refractivity contribution in [3.63, 3.8) is 0 Å². The normalized spacial score (nSPS) is 20.1. The lowest BCUT2D eigenvalue weighted by molar-refractivity contribution is 0.0984. The molecule has 0 aromatic rings. The van der Waals surface area contributed by atoms with E-state index >= 15 is 0 Å². The van der Waals surface area contributed by atoms with Crippen LogP contribution in [0, 0.1) is 17.3 Å². The summed E-state index contributed by atoms with van der Waals surface area (Å²) in [5, 5.41) is 0. The zero-order valence-corrected chi connectivity index (χ0v) is 10.5. The molecular weight excluding hydrogens is 170 g/mol. The van der Waals surface area contributed by atoms with Gasteiger partial charge in [-0.2, -0.15) is 0 Å². The van der Waals surface area contributed by atoms with Crippen LogP contribution in [0.15, 0.2) is 0 Å². The topological polar surface area (TPSA) is 3.24 Å². The van der Waals surface area contributed by atoms with Crippen molar-refractivity contribution in [3.8, 4) is 11.8 Å². The molecule has 1 spiro atoms. The maximum Gasteiger partial charge on any atom is 0.0601 e. The molecule has 1 nitrogen and oxygen atoms in total. The molecule has 0 radical (unpaired) electrons. The zero-order chi connectivity index (χ0) is 11.0. The van der Waals surface area contributed by atoms with Crippen molar-refractivity contribution in [1.82, 2.24) is 4.90 Å². The molecule has 0 atom stereocenters. The van der Waals surface area contributed by atoms with Crippen LogP contribution >= 0.6 is 0 Å². The van der Waals surface area contributed by atoms with Gasteiger partial charge in [-0.15, -0.1) is 5.92 Å². The summed E-state index contributed by atoms with van der Waals surface area (Å²) in [5.74, 6) is 6.01. The molecule has 0 aromatic heterocycles. The summed E-state index contributed by atoms with van der Waals surface area (Å²) in [6, 6.07) is 0. The summed E-state index contributed by atoms with van der Waals surface area (Å²) in [6.07, 6.45) is 2.95. The van der Waals surface area contributed by atoms with Gasteiger partial charge in [0, 0.05) is 13.1 Å². The highest BCUT2D eigenvalue weighted by Gasteiger charge is 2.51. The van der Waals surface area contributed by atoms with Gasteiger partial charge in [-0.25, -0.2) is 0 Å². The Hall–Kier alpha value is -0.480. The average Bonchev–Trinajstić information content (AvgIpc) is 2.99. The van der Waals surface area contributed by atoms with Crippen molar-refractivity contribution in [2.45, 2.75) is 47.5 Å². The van der Waals surface area contributed by atoms with E-state index in [-0.39, 0.29) is 0 Å². The van der Waals surface area contributed by atoms with Crippen LogP contribution in [-0.4, -0.2) is 24.5 Å². The first-order valence-electron chi connectivity index (χ1n) is 5.97. The van der Waals surface area contributed by atoms with Gasteiger partial charge in [-0.05, 0) is 25.2 Å². The molecule has 1 saturated carbocycles. The third-order valence-electron chi connectivity index (χ3n) is 2.55. The molecule has 1 aliphatic carbocycles. The van der Waals surface area contributed by atoms with E-state index in [0.29, 0.717) is 0 Å². The molecule has 1 saturated heterocycles. The van der Waals surface area contributed by atoms with E-state index in [2.05, 4.69) is 16.7 Å². The molecule has 2 rings (SSSR count). The van der Waals surface area contributed by atoms with Crippen molar-refractivity contribution in [3.05, 3.63) is 0 Å². The van der Waals surface area contributed by atoms with Crippen LogP contribution in [0.5, 0.6) is 0 Å². The van der Waals surface area contributed by atoms with Gasteiger partial charge >= 0.3 is 0 Å². The highest BCUT2D eigenvalue weighted by Crippen LogP contribution is 2.52. The van der Waals surface area contributed by atoms with E-state index in [1.807, 2.05) is 34.6 Å². The van der Waals surface area contributed by atoms with E-state index in [9.17, 15) is 0 Å². The first kappa shape index (κ1) is 13.5. The van der Waals surface area contributed by atoms with Crippen LogP contribution in [0.2, 0.25) is 0 Å². The van der Waals surface area contributed by atoms with Crippen LogP contribution in [0.1, 0.15) is 47.5 Å². The largest absolute Gasteiger partial charge is 0.291 e. The Morgan fingerprint density at radius 2 is 1.57 bits per heavy atom. The Labute approximate surface area is 89.9 Å². The molecule has 2 aliphatic rings. The van der Waals surface area contributed by atoms with Crippen LogP contribution in [0.25, 0.3) is 0 Å². The van der Waals surface area contributed by atoms with Crippen molar-refractivity contribution in [2.24, 2.45) is 5.41 Å². The summed E-state index contributed by atoms with van der Waals surface area (Å²) in [5.41, 5.74) is 0.801. The Kier molecular flexibility index (Phi) is 6.66. The number of likely N-dealkylation sites (tertiary alicyclic amines) is 1. The Bertz CT molecular complexity index is 185. The number of nitrogens with zero attached hydrogens (tertiary/aromatic N) is 1. The molecule has 0 bridgehead atoms. The molecule has 1 heterocycles. The number of rotatable bonds is 1. The van der Waals surface area contributed by atoms with E-state index in [1.54, 1.807) is 0 Å². The van der Waals surface area contributed by atoms with Gasteiger partial charge in [0.15, 0.2) is 0 Å². The minimum atomic E-state index is 0.801.